The third-order valence-corrected chi connectivity index (χ3v) is 8.39. The number of aryl methyl sites for hydroxylation is 2. The van der Waals surface area contributed by atoms with Crippen LogP contribution >= 0.6 is 0 Å². The molecular weight excluding hydrogens is 695 g/mol. The van der Waals surface area contributed by atoms with Gasteiger partial charge in [0.2, 0.25) is 0 Å². The maximum atomic E-state index is 11.0. The van der Waals surface area contributed by atoms with E-state index in [-0.39, 0.29) is 33.7 Å². The van der Waals surface area contributed by atoms with Crippen molar-refractivity contribution in [1.82, 2.24) is 9.97 Å². The Bertz CT molecular complexity index is 2150. The number of carboxylic acids is 2. The molecule has 0 fully saturated rings. The van der Waals surface area contributed by atoms with E-state index < -0.39 is 11.9 Å². The number of benzene rings is 5. The van der Waals surface area contributed by atoms with E-state index in [0.717, 1.165) is 55.4 Å². The van der Waals surface area contributed by atoms with Crippen molar-refractivity contribution in [1.29, 1.82) is 0 Å². The summed E-state index contributed by atoms with van der Waals surface area (Å²) < 4.78 is 0. The van der Waals surface area contributed by atoms with Crippen LogP contribution in [0.5, 0.6) is 0 Å². The van der Waals surface area contributed by atoms with Gasteiger partial charge in [-0.25, -0.2) is 0 Å². The van der Waals surface area contributed by atoms with Crippen LogP contribution in [0.3, 0.4) is 0 Å². The van der Waals surface area contributed by atoms with Gasteiger partial charge in [-0.05, 0) is 86.3 Å². The number of aromatic carboxylic acids is 2. The Hall–Kier alpha value is -6.06. The van der Waals surface area contributed by atoms with Crippen LogP contribution < -0.4 is 20.8 Å². The quantitative estimate of drug-likeness (QED) is 0.109. The molecule has 0 amide bonds. The van der Waals surface area contributed by atoms with Crippen LogP contribution in [0.25, 0.3) is 21.8 Å². The van der Waals surface area contributed by atoms with Crippen molar-refractivity contribution in [3.63, 3.8) is 0 Å². The zero-order valence-corrected chi connectivity index (χ0v) is 30.4. The summed E-state index contributed by atoms with van der Waals surface area (Å²) in [6.45, 7) is 8.04. The molecule has 0 unspecified atom stereocenters. The Balaban J connectivity index is 0.000000208. The molecule has 7 aromatic rings. The summed E-state index contributed by atoms with van der Waals surface area (Å²) >= 11 is 0. The fraction of sp³-hybridized carbons (Fsp3) is 0.0952. The molecule has 0 saturated carbocycles. The summed E-state index contributed by atoms with van der Waals surface area (Å²) in [4.78, 5) is 30.7. The molecule has 10 heteroatoms. The topological polar surface area (TPSA) is 163 Å². The smallest absolute Gasteiger partial charge is 0.545 e. The molecule has 263 valence electrons. The monoisotopic (exact) mass is 734 g/mol. The number of nitrogens with one attached hydrogen (secondary N) is 2. The molecule has 0 aliphatic carbocycles. The molecule has 1 radical (unpaired) electrons. The van der Waals surface area contributed by atoms with Crippen LogP contribution in [-0.4, -0.2) is 21.9 Å². The first-order valence-electron chi connectivity index (χ1n) is 16.0. The molecule has 0 bridgehead atoms. The number of hydrogen-bond donors (Lipinski definition) is 2. The zero-order valence-electron chi connectivity index (χ0n) is 29.2. The van der Waals surface area contributed by atoms with Gasteiger partial charge in [-0.1, -0.05) is 84.9 Å². The van der Waals surface area contributed by atoms with Crippen LogP contribution in [0.1, 0.15) is 43.0 Å². The number of aromatic nitrogens is 2. The van der Waals surface area contributed by atoms with Gasteiger partial charge in [0.15, 0.2) is 0 Å². The van der Waals surface area contributed by atoms with E-state index in [1.165, 1.54) is 12.1 Å². The average Bonchev–Trinajstić information content (AvgIpc) is 3.13. The minimum absolute atomic E-state index is 0. The molecule has 0 atom stereocenters. The second-order valence-electron chi connectivity index (χ2n) is 11.6. The van der Waals surface area contributed by atoms with Gasteiger partial charge in [0.05, 0.1) is 23.0 Å². The Labute approximate surface area is 313 Å². The number of fused-ring (bicyclic) bond motifs is 3. The van der Waals surface area contributed by atoms with E-state index in [2.05, 4.69) is 44.9 Å². The van der Waals surface area contributed by atoms with Gasteiger partial charge in [-0.2, -0.15) is 0 Å². The van der Waals surface area contributed by atoms with Crippen molar-refractivity contribution in [2.75, 3.05) is 10.6 Å². The van der Waals surface area contributed by atoms with Gasteiger partial charge in [0.25, 0.3) is 0 Å². The first-order chi connectivity index (χ1) is 24.1. The van der Waals surface area contributed by atoms with E-state index in [9.17, 15) is 19.8 Å². The van der Waals surface area contributed by atoms with Crippen LogP contribution in [0, 0.1) is 27.7 Å². The fourth-order valence-corrected chi connectivity index (χ4v) is 5.28. The van der Waals surface area contributed by atoms with E-state index in [4.69, 9.17) is 0 Å². The van der Waals surface area contributed by atoms with Crippen molar-refractivity contribution in [3.05, 3.63) is 167 Å². The summed E-state index contributed by atoms with van der Waals surface area (Å²) in [5.74, 6) is -2.35. The van der Waals surface area contributed by atoms with Gasteiger partial charge in [0, 0.05) is 57.0 Å². The molecule has 0 spiro atoms. The number of pyridine rings is 2. The third kappa shape index (κ3) is 9.80. The maximum Gasteiger partial charge on any atom is 2.00 e. The fourth-order valence-electron chi connectivity index (χ4n) is 5.28. The third-order valence-electron chi connectivity index (χ3n) is 8.39. The molecule has 0 aliphatic rings. The molecule has 9 nitrogen and oxygen atoms in total. The molecule has 0 saturated heterocycles. The molecule has 2 aromatic heterocycles. The molecule has 5 N–H and O–H groups in total. The van der Waals surface area contributed by atoms with Crippen LogP contribution in [0.15, 0.2) is 134 Å². The average molecular weight is 735 g/mol. The van der Waals surface area contributed by atoms with Crippen molar-refractivity contribution in [3.8, 4) is 0 Å². The normalized spacial score (nSPS) is 9.92. The van der Waals surface area contributed by atoms with E-state index >= 15 is 0 Å². The molecule has 52 heavy (non-hydrogen) atoms. The van der Waals surface area contributed by atoms with Gasteiger partial charge >= 0.3 is 17.1 Å². The van der Waals surface area contributed by atoms with E-state index in [0.29, 0.717) is 11.4 Å². The minimum Gasteiger partial charge on any atom is -0.545 e. The van der Waals surface area contributed by atoms with Crippen molar-refractivity contribution in [2.24, 2.45) is 0 Å². The van der Waals surface area contributed by atoms with Crippen molar-refractivity contribution < 1.29 is 42.3 Å². The van der Waals surface area contributed by atoms with Gasteiger partial charge < -0.3 is 35.9 Å². The number of carbonyl (C=O) groups excluding carboxylic acids is 2. The predicted molar refractivity (Wildman–Crippen MR) is 202 cm³/mol. The second-order valence-corrected chi connectivity index (χ2v) is 11.6. The van der Waals surface area contributed by atoms with Crippen LogP contribution in [0.2, 0.25) is 0 Å². The van der Waals surface area contributed by atoms with E-state index in [1.54, 1.807) is 48.8 Å². The summed E-state index contributed by atoms with van der Waals surface area (Å²) in [7, 11) is 0. The molecule has 0 aliphatic heterocycles. The van der Waals surface area contributed by atoms with Crippen LogP contribution in [-0.2, 0) is 22.5 Å². The number of para-hydroxylation sites is 2. The van der Waals surface area contributed by atoms with Gasteiger partial charge in [-0.3, -0.25) is 9.97 Å². The standard InChI is InChI=1S/2C15H15NO2.C12H8N2.Mn.H2O/c2*1-10-6-5-9-13(11(10)2)16-14-8-4-3-7-12(14)15(17)18;1-3-9-5-6-10-4-2-8-14-12(10)11(9)13-7-1;;/h2*3-9,16H,1-2H3,(H,17,18);1-8H;;1H2/q;;;+2;/p-1. The SMILES string of the molecule is Cc1cccc(Nc2ccccc2C(=O)[O-])c1C.Cc1cccc(Nc2ccccc2C(=O)[O-])c1C.[Mn+2].[OH3+].c1cnc2c(c1)ccc1cccnc12. The molecule has 7 rings (SSSR count). The largest absolute Gasteiger partial charge is 2.00 e. The first kappa shape index (κ1) is 40.4. The van der Waals surface area contributed by atoms with Crippen LogP contribution in [0.4, 0.5) is 22.7 Å². The predicted octanol–water partition coefficient (Wildman–Crippen LogP) is 6.68. The number of nitrogens with zero attached hydrogens (tertiary/aromatic N) is 2. The number of hydrogen-bond acceptors (Lipinski definition) is 8. The summed E-state index contributed by atoms with van der Waals surface area (Å²) in [5.41, 5.74) is 9.71. The Morgan fingerprint density at radius 2 is 0.846 bits per heavy atom. The van der Waals surface area contributed by atoms with Gasteiger partial charge in [0.1, 0.15) is 0 Å². The Morgan fingerprint density at radius 3 is 1.23 bits per heavy atom. The number of carbonyl (C=O) groups is 2. The second kappa shape index (κ2) is 18.8. The molecular formula is C42H39MnN4O5+. The summed E-state index contributed by atoms with van der Waals surface area (Å²) in [6, 6.07) is 37.4. The molecule has 2 heterocycles. The first-order valence-corrected chi connectivity index (χ1v) is 16.0. The molecule has 5 aromatic carbocycles. The number of rotatable bonds is 6. The zero-order chi connectivity index (χ0) is 35.6. The Morgan fingerprint density at radius 1 is 0.481 bits per heavy atom. The number of anilines is 4. The Kier molecular flexibility index (Phi) is 14.6. The van der Waals surface area contributed by atoms with E-state index in [1.807, 2.05) is 76.2 Å². The maximum absolute atomic E-state index is 11.0. The van der Waals surface area contributed by atoms with Crippen molar-refractivity contribution in [2.45, 2.75) is 27.7 Å². The van der Waals surface area contributed by atoms with Gasteiger partial charge in [-0.15, -0.1) is 0 Å². The minimum atomic E-state index is -1.18. The summed E-state index contributed by atoms with van der Waals surface area (Å²) in [6.07, 6.45) is 3.60. The van der Waals surface area contributed by atoms with Crippen molar-refractivity contribution >= 4 is 56.5 Å². The number of carboxylic acid groups (broad SMARTS) is 2. The summed E-state index contributed by atoms with van der Waals surface area (Å²) in [5, 5.41) is 30.6.